The van der Waals surface area contributed by atoms with Crippen LogP contribution in [0.5, 0.6) is 0 Å². The summed E-state index contributed by atoms with van der Waals surface area (Å²) in [5, 5.41) is 0. The summed E-state index contributed by atoms with van der Waals surface area (Å²) in [6.07, 6.45) is 6.00. The minimum absolute atomic E-state index is 0.0279. The van der Waals surface area contributed by atoms with E-state index >= 15 is 0 Å². The fourth-order valence-electron chi connectivity index (χ4n) is 3.65. The molecule has 3 heteroatoms. The third kappa shape index (κ3) is 4.19. The predicted molar refractivity (Wildman–Crippen MR) is 92.4 cm³/mol. The summed E-state index contributed by atoms with van der Waals surface area (Å²) in [5.41, 5.74) is 0.941. The van der Waals surface area contributed by atoms with Crippen molar-refractivity contribution in [1.29, 1.82) is 0 Å². The van der Waals surface area contributed by atoms with Crippen molar-refractivity contribution in [3.8, 4) is 0 Å². The van der Waals surface area contributed by atoms with Gasteiger partial charge in [0.05, 0.1) is 5.41 Å². The lowest BCUT2D eigenvalue weighted by Crippen LogP contribution is -2.38. The molecular weight excluding hydrogens is 276 g/mol. The number of carbonyl (C=O) groups excluding carboxylic acids is 1. The van der Waals surface area contributed by atoms with E-state index in [1.54, 1.807) is 0 Å². The molecule has 0 amide bonds. The number of hydrogen-bond donors (Lipinski definition) is 0. The molecule has 0 saturated carbocycles. The van der Waals surface area contributed by atoms with Crippen molar-refractivity contribution in [3.05, 3.63) is 35.9 Å². The minimum Gasteiger partial charge on any atom is -0.528 e. The van der Waals surface area contributed by atoms with Gasteiger partial charge in [0.25, 0.3) is 5.97 Å². The van der Waals surface area contributed by atoms with Gasteiger partial charge in [-0.2, -0.15) is 0 Å². The molecule has 0 aliphatic heterocycles. The van der Waals surface area contributed by atoms with E-state index in [0.29, 0.717) is 10.5 Å². The van der Waals surface area contributed by atoms with Crippen molar-refractivity contribution in [2.75, 3.05) is 0 Å². The molecule has 0 radical (unpaired) electrons. The van der Waals surface area contributed by atoms with Gasteiger partial charge in [0.1, 0.15) is 0 Å². The fourth-order valence-corrected chi connectivity index (χ4v) is 4.06. The Balaban J connectivity index is 3.31. The van der Waals surface area contributed by atoms with Gasteiger partial charge in [-0.3, -0.25) is 4.79 Å². The maximum Gasteiger partial charge on any atom is 0.298 e. The van der Waals surface area contributed by atoms with Gasteiger partial charge in [-0.25, -0.2) is 0 Å². The minimum atomic E-state index is -0.345. The Labute approximate surface area is 132 Å². The molecule has 118 valence electrons. The van der Waals surface area contributed by atoms with Crippen LogP contribution in [0.25, 0.3) is 0 Å². The molecule has 0 saturated heterocycles. The lowest BCUT2D eigenvalue weighted by atomic mass is 9.65. The summed E-state index contributed by atoms with van der Waals surface area (Å²) >= 11 is 0. The lowest BCUT2D eigenvalue weighted by molar-refractivity contribution is -0.148. The molecule has 0 N–H and O–H groups in total. The van der Waals surface area contributed by atoms with Crippen LogP contribution in [0, 0.1) is 5.41 Å². The van der Waals surface area contributed by atoms with Gasteiger partial charge in [0, 0.05) is 0 Å². The van der Waals surface area contributed by atoms with E-state index in [9.17, 15) is 4.79 Å². The highest BCUT2D eigenvalue weighted by Gasteiger charge is 2.44. The first kappa shape index (κ1) is 18.0. The van der Waals surface area contributed by atoms with Crippen molar-refractivity contribution in [1.82, 2.24) is 0 Å². The summed E-state index contributed by atoms with van der Waals surface area (Å²) in [6, 6.07) is 10.5. The van der Waals surface area contributed by atoms with Crippen LogP contribution in [-0.4, -0.2) is 16.5 Å². The van der Waals surface area contributed by atoms with E-state index in [4.69, 9.17) is 4.43 Å². The monoisotopic (exact) mass is 306 g/mol. The molecule has 1 atom stereocenters. The van der Waals surface area contributed by atoms with E-state index in [2.05, 4.69) is 45.0 Å². The molecule has 1 aromatic rings. The van der Waals surface area contributed by atoms with Crippen LogP contribution in [0.15, 0.2) is 30.3 Å². The Bertz CT molecular complexity index is 410. The van der Waals surface area contributed by atoms with Crippen LogP contribution in [0.4, 0.5) is 0 Å². The topological polar surface area (TPSA) is 26.3 Å². The molecular formula is C18H30O2Si. The summed E-state index contributed by atoms with van der Waals surface area (Å²) < 4.78 is 5.37. The quantitative estimate of drug-likeness (QED) is 0.645. The van der Waals surface area contributed by atoms with Crippen molar-refractivity contribution in [3.63, 3.8) is 0 Å². The molecule has 21 heavy (non-hydrogen) atoms. The van der Waals surface area contributed by atoms with Gasteiger partial charge in [-0.15, -0.1) is 0 Å². The normalized spacial score (nSPS) is 13.1. The third-order valence-electron chi connectivity index (χ3n) is 4.43. The van der Waals surface area contributed by atoms with Gasteiger partial charge in [-0.1, -0.05) is 70.4 Å². The fraction of sp³-hybridized carbons (Fsp3) is 0.611. The van der Waals surface area contributed by atoms with Crippen LogP contribution < -0.4 is 0 Å². The first-order valence-electron chi connectivity index (χ1n) is 8.29. The van der Waals surface area contributed by atoms with E-state index in [-0.39, 0.29) is 17.3 Å². The van der Waals surface area contributed by atoms with Gasteiger partial charge < -0.3 is 4.43 Å². The molecule has 0 heterocycles. The lowest BCUT2D eigenvalue weighted by Gasteiger charge is -2.39. The molecule has 0 aliphatic rings. The largest absolute Gasteiger partial charge is 0.528 e. The first-order valence-corrected chi connectivity index (χ1v) is 9.11. The molecule has 0 spiro atoms. The highest BCUT2D eigenvalue weighted by molar-refractivity contribution is 6.06. The molecule has 2 nitrogen and oxygen atoms in total. The van der Waals surface area contributed by atoms with Crippen LogP contribution in [0.2, 0.25) is 0 Å². The smallest absolute Gasteiger partial charge is 0.298 e. The standard InChI is InChI=1S/C18H30O2Si/c1-4-10-16(15-11-8-7-9-12-15)18(13-5-2,14-6-3)17(19)20-21/h7-9,11-12,16H,4-6,10,13-14H2,1-3,21H3. The van der Waals surface area contributed by atoms with E-state index < -0.39 is 0 Å². The Hall–Kier alpha value is -1.09. The molecule has 0 fully saturated rings. The van der Waals surface area contributed by atoms with Gasteiger partial charge >= 0.3 is 0 Å². The van der Waals surface area contributed by atoms with Gasteiger partial charge in [0.2, 0.25) is 10.5 Å². The summed E-state index contributed by atoms with van der Waals surface area (Å²) in [7, 11) is 0.481. The highest BCUT2D eigenvalue weighted by atomic mass is 28.2. The van der Waals surface area contributed by atoms with Crippen molar-refractivity contribution < 1.29 is 9.22 Å². The van der Waals surface area contributed by atoms with Crippen LogP contribution in [-0.2, 0) is 9.22 Å². The average molecular weight is 307 g/mol. The second-order valence-corrected chi connectivity index (χ2v) is 6.31. The Kier molecular flexibility index (Phi) is 7.72. The van der Waals surface area contributed by atoms with E-state index in [1.807, 2.05) is 6.07 Å². The molecule has 1 rings (SSSR count). The summed E-state index contributed by atoms with van der Waals surface area (Å²) in [6.45, 7) is 6.53. The van der Waals surface area contributed by atoms with Crippen LogP contribution in [0.3, 0.4) is 0 Å². The molecule has 0 aliphatic carbocycles. The number of hydrogen-bond acceptors (Lipinski definition) is 2. The summed E-state index contributed by atoms with van der Waals surface area (Å²) in [4.78, 5) is 12.7. The van der Waals surface area contributed by atoms with Crippen LogP contribution in [0.1, 0.15) is 70.8 Å². The summed E-state index contributed by atoms with van der Waals surface area (Å²) in [5.74, 6) is 0.296. The highest BCUT2D eigenvalue weighted by Crippen LogP contribution is 2.47. The zero-order chi connectivity index (χ0) is 15.7. The van der Waals surface area contributed by atoms with Crippen molar-refractivity contribution in [2.45, 2.75) is 65.2 Å². The van der Waals surface area contributed by atoms with Crippen molar-refractivity contribution >= 4 is 16.5 Å². The van der Waals surface area contributed by atoms with E-state index in [1.165, 1.54) is 5.56 Å². The molecule has 0 aromatic heterocycles. The zero-order valence-corrected chi connectivity index (χ0v) is 16.0. The maximum atomic E-state index is 12.7. The maximum absolute atomic E-state index is 12.7. The Morgan fingerprint density at radius 3 is 2.10 bits per heavy atom. The second kappa shape index (κ2) is 9.03. The number of rotatable bonds is 9. The Morgan fingerprint density at radius 1 is 1.10 bits per heavy atom. The van der Waals surface area contributed by atoms with Gasteiger partial charge in [0.15, 0.2) is 0 Å². The average Bonchev–Trinajstić information content (AvgIpc) is 2.52. The number of carbonyl (C=O) groups is 1. The molecule has 1 unspecified atom stereocenters. The zero-order valence-electron chi connectivity index (χ0n) is 14.0. The van der Waals surface area contributed by atoms with E-state index in [0.717, 1.165) is 38.5 Å². The SMILES string of the molecule is CCCC(c1ccccc1)C(CCC)(CCC)C(=O)O[SiH3]. The van der Waals surface area contributed by atoms with Crippen LogP contribution >= 0.6 is 0 Å². The Morgan fingerprint density at radius 2 is 1.67 bits per heavy atom. The van der Waals surface area contributed by atoms with Crippen molar-refractivity contribution in [2.24, 2.45) is 5.41 Å². The molecule has 0 bridgehead atoms. The second-order valence-electron chi connectivity index (χ2n) is 5.90. The molecule has 1 aromatic carbocycles. The first-order chi connectivity index (χ1) is 10.2. The predicted octanol–water partition coefficient (Wildman–Crippen LogP) is 3.98. The van der Waals surface area contributed by atoms with Gasteiger partial charge in [-0.05, 0) is 30.7 Å². The third-order valence-corrected chi connectivity index (χ3v) is 4.80. The number of benzene rings is 1.